The summed E-state index contributed by atoms with van der Waals surface area (Å²) in [5.74, 6) is 1.06. The number of hydrogen-bond acceptors (Lipinski definition) is 4. The molecule has 1 aliphatic carbocycles. The molecule has 1 aromatic heterocycles. The summed E-state index contributed by atoms with van der Waals surface area (Å²) in [6.07, 6.45) is 4.33. The zero-order valence-electron chi connectivity index (χ0n) is 17.1. The predicted octanol–water partition coefficient (Wildman–Crippen LogP) is 3.60. The third-order valence-corrected chi connectivity index (χ3v) is 6.76. The van der Waals surface area contributed by atoms with Crippen LogP contribution in [0.4, 0.5) is 0 Å². The fourth-order valence-corrected chi connectivity index (χ4v) is 5.26. The summed E-state index contributed by atoms with van der Waals surface area (Å²) in [6.45, 7) is 3.83. The van der Waals surface area contributed by atoms with Gasteiger partial charge in [0.1, 0.15) is 0 Å². The van der Waals surface area contributed by atoms with Crippen LogP contribution in [0.5, 0.6) is 0 Å². The number of carbonyl (C=O) groups excluding carboxylic acids is 2. The molecule has 1 aromatic carbocycles. The lowest BCUT2D eigenvalue weighted by atomic mass is 9.77. The highest BCUT2D eigenvalue weighted by molar-refractivity contribution is 7.21. The van der Waals surface area contributed by atoms with Gasteiger partial charge in [-0.15, -0.1) is 11.3 Å². The molecule has 2 amide bonds. The number of nitrogens with one attached hydrogen (secondary N) is 2. The van der Waals surface area contributed by atoms with E-state index in [1.165, 1.54) is 15.6 Å². The highest BCUT2D eigenvalue weighted by Crippen LogP contribution is 2.43. The van der Waals surface area contributed by atoms with E-state index in [9.17, 15) is 9.59 Å². The molecular formula is C22H31N3O2S. The minimum Gasteiger partial charge on any atom is -0.356 e. The second kappa shape index (κ2) is 9.52. The molecule has 0 spiro atoms. The monoisotopic (exact) mass is 401 g/mol. The Labute approximate surface area is 171 Å². The van der Waals surface area contributed by atoms with Crippen molar-refractivity contribution < 1.29 is 9.59 Å². The van der Waals surface area contributed by atoms with Crippen LogP contribution < -0.4 is 10.6 Å². The van der Waals surface area contributed by atoms with Crippen molar-refractivity contribution >= 4 is 33.2 Å². The van der Waals surface area contributed by atoms with E-state index in [4.69, 9.17) is 0 Å². The Morgan fingerprint density at radius 3 is 2.50 bits per heavy atom. The molecule has 0 saturated heterocycles. The van der Waals surface area contributed by atoms with Crippen LogP contribution in [0.25, 0.3) is 10.1 Å². The lowest BCUT2D eigenvalue weighted by Crippen LogP contribution is -2.32. The van der Waals surface area contributed by atoms with Crippen molar-refractivity contribution in [1.29, 1.82) is 0 Å². The minimum absolute atomic E-state index is 0.0441. The van der Waals surface area contributed by atoms with Gasteiger partial charge in [0, 0.05) is 31.3 Å². The third kappa shape index (κ3) is 5.11. The molecule has 2 aromatic rings. The van der Waals surface area contributed by atoms with E-state index >= 15 is 0 Å². The molecule has 1 heterocycles. The van der Waals surface area contributed by atoms with Crippen molar-refractivity contribution in [3.8, 4) is 0 Å². The Balaban J connectivity index is 1.76. The average molecular weight is 402 g/mol. The summed E-state index contributed by atoms with van der Waals surface area (Å²) in [4.78, 5) is 27.1. The standard InChI is InChI=1S/C22H31N3O2S/c1-15(26)24-14-16-8-10-17(11-9-16)20-18-6-4-5-7-19(18)28-21(20)22(27)23-12-13-25(2)3/h4-7,16-17H,8-14H2,1-3H3,(H,23,27)(H,24,26). The Hall–Kier alpha value is -1.92. The van der Waals surface area contributed by atoms with Gasteiger partial charge in [0.25, 0.3) is 5.91 Å². The van der Waals surface area contributed by atoms with Gasteiger partial charge >= 0.3 is 0 Å². The number of likely N-dealkylation sites (N-methyl/N-ethyl adjacent to an activating group) is 1. The van der Waals surface area contributed by atoms with E-state index < -0.39 is 0 Å². The van der Waals surface area contributed by atoms with Crippen molar-refractivity contribution in [1.82, 2.24) is 15.5 Å². The van der Waals surface area contributed by atoms with E-state index in [1.54, 1.807) is 18.3 Å². The van der Waals surface area contributed by atoms with Gasteiger partial charge in [0.2, 0.25) is 5.91 Å². The van der Waals surface area contributed by atoms with Crippen molar-refractivity contribution in [2.75, 3.05) is 33.7 Å². The first-order valence-corrected chi connectivity index (χ1v) is 11.0. The van der Waals surface area contributed by atoms with E-state index in [0.717, 1.165) is 43.6 Å². The fourth-order valence-electron chi connectivity index (χ4n) is 4.06. The van der Waals surface area contributed by atoms with Crippen LogP contribution in [0.1, 0.15) is 53.8 Å². The second-order valence-corrected chi connectivity index (χ2v) is 9.11. The lowest BCUT2D eigenvalue weighted by Gasteiger charge is -2.29. The van der Waals surface area contributed by atoms with E-state index in [1.807, 2.05) is 20.2 Å². The van der Waals surface area contributed by atoms with Crippen LogP contribution in [0.3, 0.4) is 0 Å². The van der Waals surface area contributed by atoms with Crippen LogP contribution in [0.2, 0.25) is 0 Å². The number of benzene rings is 1. The smallest absolute Gasteiger partial charge is 0.261 e. The topological polar surface area (TPSA) is 61.4 Å². The van der Waals surface area contributed by atoms with Gasteiger partial charge in [-0.25, -0.2) is 0 Å². The van der Waals surface area contributed by atoms with E-state index in [0.29, 0.717) is 18.4 Å². The number of rotatable bonds is 7. The number of amides is 2. The van der Waals surface area contributed by atoms with Gasteiger partial charge in [0.05, 0.1) is 4.88 Å². The fraction of sp³-hybridized carbons (Fsp3) is 0.545. The molecule has 2 N–H and O–H groups in total. The molecule has 6 heteroatoms. The molecule has 0 atom stereocenters. The summed E-state index contributed by atoms with van der Waals surface area (Å²) in [5, 5.41) is 7.28. The van der Waals surface area contributed by atoms with Crippen molar-refractivity contribution in [3.63, 3.8) is 0 Å². The lowest BCUT2D eigenvalue weighted by molar-refractivity contribution is -0.119. The molecule has 0 radical (unpaired) electrons. The minimum atomic E-state index is 0.0441. The Morgan fingerprint density at radius 1 is 1.11 bits per heavy atom. The summed E-state index contributed by atoms with van der Waals surface area (Å²) in [7, 11) is 4.02. The summed E-state index contributed by atoms with van der Waals surface area (Å²) < 4.78 is 1.19. The Bertz CT molecular complexity index is 822. The first-order valence-electron chi connectivity index (χ1n) is 10.1. The maximum atomic E-state index is 12.9. The Morgan fingerprint density at radius 2 is 1.82 bits per heavy atom. The normalized spacial score (nSPS) is 19.7. The number of nitrogens with zero attached hydrogens (tertiary/aromatic N) is 1. The first kappa shape index (κ1) is 20.8. The zero-order chi connectivity index (χ0) is 20.1. The summed E-state index contributed by atoms with van der Waals surface area (Å²) in [6, 6.07) is 8.37. The number of carbonyl (C=O) groups is 2. The van der Waals surface area contributed by atoms with Crippen LogP contribution in [0, 0.1) is 5.92 Å². The molecule has 1 aliphatic rings. The van der Waals surface area contributed by atoms with Gasteiger partial charge in [-0.2, -0.15) is 0 Å². The number of thiophene rings is 1. The molecule has 1 fully saturated rings. The molecule has 0 aliphatic heterocycles. The highest BCUT2D eigenvalue weighted by Gasteiger charge is 2.29. The van der Waals surface area contributed by atoms with Crippen LogP contribution in [-0.4, -0.2) is 50.4 Å². The van der Waals surface area contributed by atoms with Gasteiger partial charge in [0.15, 0.2) is 0 Å². The van der Waals surface area contributed by atoms with Gasteiger partial charge in [-0.1, -0.05) is 18.2 Å². The molecular weight excluding hydrogens is 370 g/mol. The highest BCUT2D eigenvalue weighted by atomic mass is 32.1. The SMILES string of the molecule is CC(=O)NCC1CCC(c2c(C(=O)NCCN(C)C)sc3ccccc23)CC1. The third-order valence-electron chi connectivity index (χ3n) is 5.58. The molecule has 152 valence electrons. The van der Waals surface area contributed by atoms with Crippen molar-refractivity contribution in [3.05, 3.63) is 34.7 Å². The van der Waals surface area contributed by atoms with Crippen LogP contribution in [-0.2, 0) is 4.79 Å². The average Bonchev–Trinajstić information content (AvgIpc) is 3.06. The predicted molar refractivity (Wildman–Crippen MR) is 116 cm³/mol. The van der Waals surface area contributed by atoms with Crippen molar-refractivity contribution in [2.24, 2.45) is 5.92 Å². The maximum Gasteiger partial charge on any atom is 0.261 e. The zero-order valence-corrected chi connectivity index (χ0v) is 17.9. The van der Waals surface area contributed by atoms with E-state index in [-0.39, 0.29) is 11.8 Å². The number of hydrogen-bond donors (Lipinski definition) is 2. The molecule has 0 bridgehead atoms. The maximum absolute atomic E-state index is 12.9. The second-order valence-electron chi connectivity index (χ2n) is 8.05. The molecule has 1 saturated carbocycles. The number of fused-ring (bicyclic) bond motifs is 1. The largest absolute Gasteiger partial charge is 0.356 e. The van der Waals surface area contributed by atoms with Gasteiger partial charge < -0.3 is 15.5 Å². The summed E-state index contributed by atoms with van der Waals surface area (Å²) >= 11 is 1.62. The quantitative estimate of drug-likeness (QED) is 0.745. The summed E-state index contributed by atoms with van der Waals surface area (Å²) in [5.41, 5.74) is 1.24. The van der Waals surface area contributed by atoms with Crippen molar-refractivity contribution in [2.45, 2.75) is 38.5 Å². The molecule has 5 nitrogen and oxygen atoms in total. The van der Waals surface area contributed by atoms with Gasteiger partial charge in [-0.3, -0.25) is 9.59 Å². The molecule has 28 heavy (non-hydrogen) atoms. The van der Waals surface area contributed by atoms with E-state index in [2.05, 4.69) is 33.7 Å². The molecule has 3 rings (SSSR count). The van der Waals surface area contributed by atoms with Gasteiger partial charge in [-0.05, 0) is 68.6 Å². The van der Waals surface area contributed by atoms with Crippen LogP contribution in [0.15, 0.2) is 24.3 Å². The van der Waals surface area contributed by atoms with Crippen LogP contribution >= 0.6 is 11.3 Å². The first-order chi connectivity index (χ1) is 13.5. The Kier molecular flexibility index (Phi) is 7.08. The molecule has 0 unspecified atom stereocenters.